The molecule has 2 heterocycles. The van der Waals surface area contributed by atoms with Crippen LogP contribution in [0.25, 0.3) is 0 Å². The van der Waals surface area contributed by atoms with Crippen molar-refractivity contribution in [2.45, 2.75) is 11.4 Å². The summed E-state index contributed by atoms with van der Waals surface area (Å²) < 4.78 is 37.9. The van der Waals surface area contributed by atoms with E-state index in [9.17, 15) is 23.3 Å². The number of pyridine rings is 1. The molecule has 1 aromatic rings. The van der Waals surface area contributed by atoms with Gasteiger partial charge in [0.05, 0.1) is 4.92 Å². The van der Waals surface area contributed by atoms with Gasteiger partial charge in [0, 0.05) is 29.1 Å². The van der Waals surface area contributed by atoms with Gasteiger partial charge in [0.25, 0.3) is 0 Å². The Hall–Kier alpha value is -1.16. The lowest BCUT2D eigenvalue weighted by Gasteiger charge is -2.21. The lowest BCUT2D eigenvalue weighted by atomic mass is 10.2. The van der Waals surface area contributed by atoms with E-state index in [2.05, 4.69) is 10.3 Å². The SMILES string of the molecule is O=[N+]([O-])c1cnc(C(F)(F)F)cc1NCC1CSCCS1. The Morgan fingerprint density at radius 2 is 2.24 bits per heavy atom. The Labute approximate surface area is 127 Å². The lowest BCUT2D eigenvalue weighted by molar-refractivity contribution is -0.384. The molecular weight excluding hydrogens is 327 g/mol. The zero-order valence-corrected chi connectivity index (χ0v) is 12.4. The molecule has 2 rings (SSSR count). The maximum absolute atomic E-state index is 12.6. The fourth-order valence-electron chi connectivity index (χ4n) is 1.77. The minimum atomic E-state index is -4.62. The molecule has 116 valence electrons. The monoisotopic (exact) mass is 339 g/mol. The molecule has 1 N–H and O–H groups in total. The molecule has 0 saturated carbocycles. The van der Waals surface area contributed by atoms with Gasteiger partial charge in [-0.25, -0.2) is 4.98 Å². The van der Waals surface area contributed by atoms with Gasteiger partial charge in [0.15, 0.2) is 0 Å². The van der Waals surface area contributed by atoms with Crippen molar-refractivity contribution in [2.75, 3.05) is 29.1 Å². The van der Waals surface area contributed by atoms with E-state index in [4.69, 9.17) is 0 Å². The van der Waals surface area contributed by atoms with E-state index in [1.54, 1.807) is 23.5 Å². The molecule has 5 nitrogen and oxygen atoms in total. The molecule has 1 aliphatic rings. The number of alkyl halides is 3. The summed E-state index contributed by atoms with van der Waals surface area (Å²) in [5.41, 5.74) is -1.73. The van der Waals surface area contributed by atoms with Crippen molar-refractivity contribution in [3.05, 3.63) is 28.1 Å². The number of hydrogen-bond acceptors (Lipinski definition) is 6. The van der Waals surface area contributed by atoms with Crippen molar-refractivity contribution >= 4 is 34.9 Å². The summed E-state index contributed by atoms with van der Waals surface area (Å²) in [6.45, 7) is 0.389. The molecule has 1 aliphatic heterocycles. The normalized spacial score (nSPS) is 19.3. The minimum absolute atomic E-state index is 0.140. The van der Waals surface area contributed by atoms with Crippen LogP contribution in [0.3, 0.4) is 0 Å². The molecule has 1 saturated heterocycles. The number of nitrogens with zero attached hydrogens (tertiary/aromatic N) is 2. The van der Waals surface area contributed by atoms with Crippen LogP contribution in [-0.2, 0) is 6.18 Å². The summed E-state index contributed by atoms with van der Waals surface area (Å²) in [6.07, 6.45) is -3.98. The van der Waals surface area contributed by atoms with Gasteiger partial charge in [0.2, 0.25) is 0 Å². The van der Waals surface area contributed by atoms with Crippen LogP contribution in [0.5, 0.6) is 0 Å². The number of anilines is 1. The Bertz CT molecular complexity index is 522. The average Bonchev–Trinajstić information content (AvgIpc) is 2.45. The van der Waals surface area contributed by atoms with E-state index < -0.39 is 22.5 Å². The first-order valence-electron chi connectivity index (χ1n) is 6.03. The van der Waals surface area contributed by atoms with Gasteiger partial charge < -0.3 is 5.32 Å². The van der Waals surface area contributed by atoms with Crippen molar-refractivity contribution in [1.29, 1.82) is 0 Å². The van der Waals surface area contributed by atoms with Gasteiger partial charge in [-0.05, 0) is 6.07 Å². The number of nitro groups is 1. The van der Waals surface area contributed by atoms with E-state index in [1.807, 2.05) is 0 Å². The zero-order chi connectivity index (χ0) is 15.5. The van der Waals surface area contributed by atoms with Crippen molar-refractivity contribution in [1.82, 2.24) is 4.98 Å². The third-order valence-electron chi connectivity index (χ3n) is 2.78. The van der Waals surface area contributed by atoms with Crippen LogP contribution in [0.4, 0.5) is 24.5 Å². The van der Waals surface area contributed by atoms with Gasteiger partial charge >= 0.3 is 11.9 Å². The summed E-state index contributed by atoms with van der Waals surface area (Å²) in [4.78, 5) is 13.2. The summed E-state index contributed by atoms with van der Waals surface area (Å²) in [7, 11) is 0. The summed E-state index contributed by atoms with van der Waals surface area (Å²) in [5, 5.41) is 13.9. The molecule has 1 atom stereocenters. The molecular formula is C11H12F3N3O2S2. The molecule has 1 unspecified atom stereocenters. The van der Waals surface area contributed by atoms with Crippen molar-refractivity contribution in [3.63, 3.8) is 0 Å². The van der Waals surface area contributed by atoms with E-state index in [0.717, 1.165) is 17.3 Å². The number of halogens is 3. The summed E-state index contributed by atoms with van der Waals surface area (Å²) >= 11 is 3.48. The quantitative estimate of drug-likeness (QED) is 0.671. The van der Waals surface area contributed by atoms with Crippen LogP contribution in [-0.4, -0.2) is 39.0 Å². The molecule has 0 spiro atoms. The van der Waals surface area contributed by atoms with Gasteiger partial charge in [-0.2, -0.15) is 36.7 Å². The van der Waals surface area contributed by atoms with Gasteiger partial charge in [-0.1, -0.05) is 0 Å². The third-order valence-corrected chi connectivity index (χ3v) is 5.62. The highest BCUT2D eigenvalue weighted by atomic mass is 32.2. The zero-order valence-electron chi connectivity index (χ0n) is 10.7. The third kappa shape index (κ3) is 4.40. The maximum Gasteiger partial charge on any atom is 0.433 e. The Morgan fingerprint density at radius 1 is 1.48 bits per heavy atom. The number of nitrogens with one attached hydrogen (secondary N) is 1. The fraction of sp³-hybridized carbons (Fsp3) is 0.545. The largest absolute Gasteiger partial charge is 0.433 e. The predicted octanol–water partition coefficient (Wildman–Crippen LogP) is 3.27. The minimum Gasteiger partial charge on any atom is -0.378 e. The molecule has 0 aliphatic carbocycles. The summed E-state index contributed by atoms with van der Waals surface area (Å²) in [6, 6.07) is 0.693. The first kappa shape index (κ1) is 16.2. The number of thioether (sulfide) groups is 2. The van der Waals surface area contributed by atoms with Gasteiger partial charge in [0.1, 0.15) is 17.6 Å². The molecule has 1 fully saturated rings. The molecule has 21 heavy (non-hydrogen) atoms. The van der Waals surface area contributed by atoms with E-state index in [-0.39, 0.29) is 10.9 Å². The molecule has 0 radical (unpaired) electrons. The fourth-order valence-corrected chi connectivity index (χ4v) is 4.38. The Morgan fingerprint density at radius 3 is 2.81 bits per heavy atom. The van der Waals surface area contributed by atoms with Crippen LogP contribution in [0, 0.1) is 10.1 Å². The highest BCUT2D eigenvalue weighted by molar-refractivity contribution is 8.06. The van der Waals surface area contributed by atoms with E-state index >= 15 is 0 Å². The number of rotatable bonds is 4. The van der Waals surface area contributed by atoms with Crippen LogP contribution in [0.15, 0.2) is 12.3 Å². The standard InChI is InChI=1S/C11H12F3N3O2S2/c12-11(13,14)10-3-8(9(5-16-10)17(18)19)15-4-7-6-20-1-2-21-7/h3,5,7H,1-2,4,6H2,(H,15,16). The van der Waals surface area contributed by atoms with Crippen molar-refractivity contribution in [2.24, 2.45) is 0 Å². The Balaban J connectivity index is 2.16. The van der Waals surface area contributed by atoms with E-state index in [0.29, 0.717) is 18.8 Å². The van der Waals surface area contributed by atoms with Crippen LogP contribution < -0.4 is 5.32 Å². The van der Waals surface area contributed by atoms with Gasteiger partial charge in [-0.3, -0.25) is 10.1 Å². The highest BCUT2D eigenvalue weighted by Crippen LogP contribution is 2.33. The average molecular weight is 339 g/mol. The van der Waals surface area contributed by atoms with Crippen molar-refractivity contribution < 1.29 is 18.1 Å². The second-order valence-electron chi connectivity index (χ2n) is 4.29. The smallest absolute Gasteiger partial charge is 0.378 e. The van der Waals surface area contributed by atoms with Gasteiger partial charge in [-0.15, -0.1) is 0 Å². The van der Waals surface area contributed by atoms with Crippen LogP contribution in [0.2, 0.25) is 0 Å². The first-order valence-corrected chi connectivity index (χ1v) is 8.23. The topological polar surface area (TPSA) is 68.1 Å². The first-order chi connectivity index (χ1) is 9.88. The van der Waals surface area contributed by atoms with Crippen molar-refractivity contribution in [3.8, 4) is 0 Å². The second-order valence-corrected chi connectivity index (χ2v) is 6.85. The molecule has 0 bridgehead atoms. The molecule has 0 amide bonds. The molecule has 1 aromatic heterocycles. The lowest BCUT2D eigenvalue weighted by Crippen LogP contribution is -2.23. The Kier molecular flexibility index (Phi) is 5.20. The highest BCUT2D eigenvalue weighted by Gasteiger charge is 2.34. The number of hydrogen-bond donors (Lipinski definition) is 1. The molecule has 10 heteroatoms. The molecule has 0 aromatic carbocycles. The predicted molar refractivity (Wildman–Crippen MR) is 78.0 cm³/mol. The van der Waals surface area contributed by atoms with E-state index in [1.165, 1.54) is 0 Å². The second kappa shape index (κ2) is 6.73. The van der Waals surface area contributed by atoms with Crippen LogP contribution >= 0.6 is 23.5 Å². The summed E-state index contributed by atoms with van der Waals surface area (Å²) in [5.74, 6) is 2.90. The number of aromatic nitrogens is 1. The van der Waals surface area contributed by atoms with Crippen LogP contribution in [0.1, 0.15) is 5.69 Å². The maximum atomic E-state index is 12.6.